The van der Waals surface area contributed by atoms with Crippen LogP contribution in [0.3, 0.4) is 0 Å². The quantitative estimate of drug-likeness (QED) is 0.803. The molecule has 0 bridgehead atoms. The van der Waals surface area contributed by atoms with Gasteiger partial charge in [-0.3, -0.25) is 4.68 Å². The molecule has 1 aromatic heterocycles. The molecule has 0 aliphatic heterocycles. The van der Waals surface area contributed by atoms with E-state index in [1.54, 1.807) is 0 Å². The fraction of sp³-hybridized carbons (Fsp3) is 0.769. The van der Waals surface area contributed by atoms with Gasteiger partial charge in [0.1, 0.15) is 0 Å². The van der Waals surface area contributed by atoms with Crippen LogP contribution < -0.4 is 5.32 Å². The summed E-state index contributed by atoms with van der Waals surface area (Å²) >= 11 is 0. The van der Waals surface area contributed by atoms with Crippen LogP contribution in [0.1, 0.15) is 50.9 Å². The van der Waals surface area contributed by atoms with Crippen molar-refractivity contribution >= 4 is 0 Å². The first-order valence-corrected chi connectivity index (χ1v) is 6.33. The van der Waals surface area contributed by atoms with Gasteiger partial charge in [-0.2, -0.15) is 5.10 Å². The van der Waals surface area contributed by atoms with E-state index in [1.807, 2.05) is 17.9 Å². The SMILES string of the molecule is CCCNC(c1cnn(C)c1C)C(C)CC. The molecule has 0 aliphatic carbocycles. The summed E-state index contributed by atoms with van der Waals surface area (Å²) in [6.07, 6.45) is 4.37. The van der Waals surface area contributed by atoms with E-state index in [9.17, 15) is 0 Å². The Balaban J connectivity index is 2.87. The molecule has 0 amide bonds. The number of aryl methyl sites for hydroxylation is 1. The van der Waals surface area contributed by atoms with E-state index in [0.717, 1.165) is 6.54 Å². The van der Waals surface area contributed by atoms with Gasteiger partial charge in [-0.1, -0.05) is 27.2 Å². The van der Waals surface area contributed by atoms with Gasteiger partial charge in [0.05, 0.1) is 6.20 Å². The Kier molecular flexibility index (Phi) is 5.00. The monoisotopic (exact) mass is 223 g/mol. The van der Waals surface area contributed by atoms with Gasteiger partial charge in [-0.05, 0) is 25.8 Å². The maximum atomic E-state index is 4.34. The number of nitrogens with one attached hydrogen (secondary N) is 1. The molecule has 2 atom stereocenters. The zero-order valence-electron chi connectivity index (χ0n) is 11.2. The lowest BCUT2D eigenvalue weighted by Crippen LogP contribution is -2.27. The van der Waals surface area contributed by atoms with Gasteiger partial charge in [-0.15, -0.1) is 0 Å². The van der Waals surface area contributed by atoms with E-state index in [1.165, 1.54) is 24.1 Å². The molecular weight excluding hydrogens is 198 g/mol. The molecule has 92 valence electrons. The molecule has 1 N–H and O–H groups in total. The molecule has 0 aliphatic rings. The second kappa shape index (κ2) is 6.04. The molecule has 0 saturated heterocycles. The smallest absolute Gasteiger partial charge is 0.0540 e. The highest BCUT2D eigenvalue weighted by Gasteiger charge is 2.20. The average molecular weight is 223 g/mol. The Bertz CT molecular complexity index is 317. The molecule has 0 fully saturated rings. The summed E-state index contributed by atoms with van der Waals surface area (Å²) in [5.41, 5.74) is 2.62. The Hall–Kier alpha value is -0.830. The normalized spacial score (nSPS) is 15.1. The van der Waals surface area contributed by atoms with Crippen molar-refractivity contribution in [1.29, 1.82) is 0 Å². The first kappa shape index (κ1) is 13.2. The van der Waals surface area contributed by atoms with Crippen LogP contribution in [0.4, 0.5) is 0 Å². The summed E-state index contributed by atoms with van der Waals surface area (Å²) in [5, 5.41) is 7.98. The van der Waals surface area contributed by atoms with Crippen LogP contribution in [0.15, 0.2) is 6.20 Å². The molecule has 3 nitrogen and oxygen atoms in total. The van der Waals surface area contributed by atoms with E-state index in [4.69, 9.17) is 0 Å². The Morgan fingerprint density at radius 2 is 2.12 bits per heavy atom. The predicted molar refractivity (Wildman–Crippen MR) is 68.4 cm³/mol. The number of nitrogens with zero attached hydrogens (tertiary/aromatic N) is 2. The molecule has 3 heteroatoms. The van der Waals surface area contributed by atoms with Crippen molar-refractivity contribution in [3.05, 3.63) is 17.5 Å². The van der Waals surface area contributed by atoms with Gasteiger partial charge >= 0.3 is 0 Å². The van der Waals surface area contributed by atoms with E-state index in [2.05, 4.69) is 38.1 Å². The first-order valence-electron chi connectivity index (χ1n) is 6.33. The van der Waals surface area contributed by atoms with Crippen molar-refractivity contribution in [1.82, 2.24) is 15.1 Å². The molecule has 2 unspecified atom stereocenters. The van der Waals surface area contributed by atoms with E-state index < -0.39 is 0 Å². The number of rotatable bonds is 6. The Labute approximate surface area is 99.2 Å². The average Bonchev–Trinajstić information content (AvgIpc) is 2.61. The van der Waals surface area contributed by atoms with Gasteiger partial charge < -0.3 is 5.32 Å². The lowest BCUT2D eigenvalue weighted by atomic mass is 9.93. The maximum absolute atomic E-state index is 4.34. The molecule has 1 rings (SSSR count). The van der Waals surface area contributed by atoms with Crippen LogP contribution in [0, 0.1) is 12.8 Å². The second-order valence-electron chi connectivity index (χ2n) is 4.63. The molecule has 1 aromatic rings. The predicted octanol–water partition coefficient (Wildman–Crippen LogP) is 2.82. The van der Waals surface area contributed by atoms with Crippen molar-refractivity contribution < 1.29 is 0 Å². The standard InChI is InChI=1S/C13H25N3/c1-6-8-14-13(10(3)7-2)12-9-15-16(5)11(12)4/h9-10,13-14H,6-8H2,1-5H3. The molecule has 0 spiro atoms. The summed E-state index contributed by atoms with van der Waals surface area (Å²) in [5.74, 6) is 0.648. The molecule has 1 heterocycles. The van der Waals surface area contributed by atoms with E-state index in [-0.39, 0.29) is 0 Å². The summed E-state index contributed by atoms with van der Waals surface area (Å²) < 4.78 is 1.96. The second-order valence-corrected chi connectivity index (χ2v) is 4.63. The minimum Gasteiger partial charge on any atom is -0.310 e. The van der Waals surface area contributed by atoms with Crippen molar-refractivity contribution in [3.8, 4) is 0 Å². The highest BCUT2D eigenvalue weighted by molar-refractivity contribution is 5.21. The summed E-state index contributed by atoms with van der Waals surface area (Å²) in [6.45, 7) is 9.97. The Morgan fingerprint density at radius 3 is 2.56 bits per heavy atom. The van der Waals surface area contributed by atoms with Gasteiger partial charge in [-0.25, -0.2) is 0 Å². The lowest BCUT2D eigenvalue weighted by Gasteiger charge is -2.24. The van der Waals surface area contributed by atoms with Gasteiger partial charge in [0.15, 0.2) is 0 Å². The van der Waals surface area contributed by atoms with Crippen molar-refractivity contribution in [2.45, 2.75) is 46.6 Å². The van der Waals surface area contributed by atoms with Crippen molar-refractivity contribution in [2.75, 3.05) is 6.54 Å². The third-order valence-corrected chi connectivity index (χ3v) is 3.44. The maximum Gasteiger partial charge on any atom is 0.0540 e. The zero-order valence-corrected chi connectivity index (χ0v) is 11.2. The van der Waals surface area contributed by atoms with Crippen molar-refractivity contribution in [2.24, 2.45) is 13.0 Å². The van der Waals surface area contributed by atoms with E-state index in [0.29, 0.717) is 12.0 Å². The highest BCUT2D eigenvalue weighted by atomic mass is 15.3. The molecule has 0 radical (unpaired) electrons. The number of hydrogen-bond acceptors (Lipinski definition) is 2. The van der Waals surface area contributed by atoms with Crippen LogP contribution in [-0.2, 0) is 7.05 Å². The summed E-state index contributed by atoms with van der Waals surface area (Å²) in [4.78, 5) is 0. The third-order valence-electron chi connectivity index (χ3n) is 3.44. The molecular formula is C13H25N3. The topological polar surface area (TPSA) is 29.9 Å². The summed E-state index contributed by atoms with van der Waals surface area (Å²) in [6, 6.07) is 0.443. The Morgan fingerprint density at radius 1 is 1.44 bits per heavy atom. The fourth-order valence-electron chi connectivity index (χ4n) is 1.97. The van der Waals surface area contributed by atoms with Gasteiger partial charge in [0.2, 0.25) is 0 Å². The number of hydrogen-bond donors (Lipinski definition) is 1. The molecule has 0 saturated carbocycles. The minimum atomic E-state index is 0.443. The molecule has 0 aromatic carbocycles. The van der Waals surface area contributed by atoms with Crippen molar-refractivity contribution in [3.63, 3.8) is 0 Å². The highest BCUT2D eigenvalue weighted by Crippen LogP contribution is 2.26. The van der Waals surface area contributed by atoms with Gasteiger partial charge in [0, 0.05) is 24.3 Å². The lowest BCUT2D eigenvalue weighted by molar-refractivity contribution is 0.375. The van der Waals surface area contributed by atoms with E-state index >= 15 is 0 Å². The van der Waals surface area contributed by atoms with Crippen LogP contribution in [0.5, 0.6) is 0 Å². The minimum absolute atomic E-state index is 0.443. The van der Waals surface area contributed by atoms with Crippen LogP contribution >= 0.6 is 0 Å². The zero-order chi connectivity index (χ0) is 12.1. The molecule has 16 heavy (non-hydrogen) atoms. The van der Waals surface area contributed by atoms with Gasteiger partial charge in [0.25, 0.3) is 0 Å². The summed E-state index contributed by atoms with van der Waals surface area (Å²) in [7, 11) is 2.01. The fourth-order valence-corrected chi connectivity index (χ4v) is 1.97. The van der Waals surface area contributed by atoms with Crippen LogP contribution in [-0.4, -0.2) is 16.3 Å². The van der Waals surface area contributed by atoms with Crippen LogP contribution in [0.2, 0.25) is 0 Å². The number of aromatic nitrogens is 2. The van der Waals surface area contributed by atoms with Crippen LogP contribution in [0.25, 0.3) is 0 Å². The largest absolute Gasteiger partial charge is 0.310 e. The first-order chi connectivity index (χ1) is 7.61. The third kappa shape index (κ3) is 2.85.